The molecule has 2 N–H and O–H groups in total. The molecular weight excluding hydrogens is 362 g/mol. The summed E-state index contributed by atoms with van der Waals surface area (Å²) in [6.45, 7) is 3.64. The van der Waals surface area contributed by atoms with Crippen molar-refractivity contribution < 1.29 is 4.79 Å². The molecule has 0 aliphatic rings. The molecule has 0 aliphatic heterocycles. The molecule has 0 aliphatic carbocycles. The minimum absolute atomic E-state index is 0.232. The van der Waals surface area contributed by atoms with Gasteiger partial charge in [-0.2, -0.15) is 5.26 Å². The van der Waals surface area contributed by atoms with E-state index < -0.39 is 0 Å². The van der Waals surface area contributed by atoms with Crippen molar-refractivity contribution in [3.63, 3.8) is 0 Å². The lowest BCUT2D eigenvalue weighted by molar-refractivity contribution is 0.102. The standard InChI is InChI=1S/C20H16ClN5O/c1-12-8-15(21)6-7-17(12)25-19(27)18-9-13(2)23-20(26-18)24-16-5-3-4-14(10-16)11-22/h3-10H,1-2H3,(H,25,27)(H,23,24,26). The van der Waals surface area contributed by atoms with E-state index in [-0.39, 0.29) is 17.5 Å². The van der Waals surface area contributed by atoms with Crippen LogP contribution in [0.1, 0.15) is 27.3 Å². The largest absolute Gasteiger partial charge is 0.324 e. The lowest BCUT2D eigenvalue weighted by Gasteiger charge is -2.10. The maximum Gasteiger partial charge on any atom is 0.274 e. The first kappa shape index (κ1) is 18.4. The third kappa shape index (κ3) is 4.60. The van der Waals surface area contributed by atoms with Gasteiger partial charge in [0.25, 0.3) is 5.91 Å². The number of nitrogens with zero attached hydrogens (tertiary/aromatic N) is 3. The van der Waals surface area contributed by atoms with Gasteiger partial charge >= 0.3 is 0 Å². The second kappa shape index (κ2) is 7.85. The first-order valence-corrected chi connectivity index (χ1v) is 8.53. The maximum absolute atomic E-state index is 12.6. The molecule has 0 spiro atoms. The number of nitrogens with one attached hydrogen (secondary N) is 2. The summed E-state index contributed by atoms with van der Waals surface area (Å²) in [6.07, 6.45) is 0. The number of nitriles is 1. The Morgan fingerprint density at radius 3 is 2.67 bits per heavy atom. The van der Waals surface area contributed by atoms with Gasteiger partial charge < -0.3 is 10.6 Å². The van der Waals surface area contributed by atoms with Crippen LogP contribution in [-0.2, 0) is 0 Å². The summed E-state index contributed by atoms with van der Waals surface area (Å²) < 4.78 is 0. The quantitative estimate of drug-likeness (QED) is 0.692. The van der Waals surface area contributed by atoms with Crippen LogP contribution in [0.15, 0.2) is 48.5 Å². The van der Waals surface area contributed by atoms with Gasteiger partial charge in [-0.3, -0.25) is 4.79 Å². The molecule has 7 heteroatoms. The highest BCUT2D eigenvalue weighted by Gasteiger charge is 2.12. The van der Waals surface area contributed by atoms with Gasteiger partial charge in [-0.05, 0) is 61.9 Å². The average molecular weight is 378 g/mol. The molecule has 0 bridgehead atoms. The molecule has 0 saturated carbocycles. The van der Waals surface area contributed by atoms with Crippen LogP contribution < -0.4 is 10.6 Å². The van der Waals surface area contributed by atoms with Crippen LogP contribution in [0.4, 0.5) is 17.3 Å². The predicted molar refractivity (Wildman–Crippen MR) is 105 cm³/mol. The molecule has 0 atom stereocenters. The minimum atomic E-state index is -0.347. The topological polar surface area (TPSA) is 90.7 Å². The Bertz CT molecular complexity index is 1060. The number of anilines is 3. The van der Waals surface area contributed by atoms with Crippen LogP contribution in [0.2, 0.25) is 5.02 Å². The van der Waals surface area contributed by atoms with Crippen LogP contribution in [0.5, 0.6) is 0 Å². The number of carbonyl (C=O) groups excluding carboxylic acids is 1. The zero-order valence-corrected chi connectivity index (χ0v) is 15.5. The highest BCUT2D eigenvalue weighted by atomic mass is 35.5. The molecule has 3 aromatic rings. The Labute approximate surface area is 161 Å². The van der Waals surface area contributed by atoms with E-state index in [0.717, 1.165) is 5.56 Å². The van der Waals surface area contributed by atoms with E-state index in [9.17, 15) is 4.79 Å². The number of carbonyl (C=O) groups is 1. The number of aromatic nitrogens is 2. The number of aryl methyl sites for hydroxylation is 2. The molecule has 27 heavy (non-hydrogen) atoms. The Balaban J connectivity index is 1.84. The van der Waals surface area contributed by atoms with Crippen LogP contribution in [-0.4, -0.2) is 15.9 Å². The van der Waals surface area contributed by atoms with Crippen LogP contribution in [0, 0.1) is 25.2 Å². The Morgan fingerprint density at radius 2 is 1.93 bits per heavy atom. The summed E-state index contributed by atoms with van der Waals surface area (Å²) >= 11 is 5.95. The summed E-state index contributed by atoms with van der Waals surface area (Å²) in [5, 5.41) is 15.5. The highest BCUT2D eigenvalue weighted by Crippen LogP contribution is 2.21. The maximum atomic E-state index is 12.6. The number of rotatable bonds is 4. The SMILES string of the molecule is Cc1cc(C(=O)Nc2ccc(Cl)cc2C)nc(Nc2cccc(C#N)c2)n1. The van der Waals surface area contributed by atoms with Crippen molar-refractivity contribution in [1.82, 2.24) is 9.97 Å². The van der Waals surface area contributed by atoms with Crippen molar-refractivity contribution in [2.75, 3.05) is 10.6 Å². The Morgan fingerprint density at radius 1 is 1.11 bits per heavy atom. The van der Waals surface area contributed by atoms with Gasteiger partial charge in [-0.1, -0.05) is 17.7 Å². The summed E-state index contributed by atoms with van der Waals surface area (Å²) in [5.74, 6) is -0.0668. The Kier molecular flexibility index (Phi) is 5.34. The number of halogens is 1. The average Bonchev–Trinajstić information content (AvgIpc) is 2.63. The fraction of sp³-hybridized carbons (Fsp3) is 0.100. The van der Waals surface area contributed by atoms with Crippen molar-refractivity contribution in [2.45, 2.75) is 13.8 Å². The molecule has 0 radical (unpaired) electrons. The van der Waals surface area contributed by atoms with E-state index in [4.69, 9.17) is 16.9 Å². The molecular formula is C20H16ClN5O. The van der Waals surface area contributed by atoms with E-state index in [2.05, 4.69) is 26.7 Å². The zero-order valence-electron chi connectivity index (χ0n) is 14.7. The van der Waals surface area contributed by atoms with Gasteiger partial charge in [-0.25, -0.2) is 9.97 Å². The third-order valence-corrected chi connectivity index (χ3v) is 4.01. The lowest BCUT2D eigenvalue weighted by Crippen LogP contribution is -2.16. The minimum Gasteiger partial charge on any atom is -0.324 e. The fourth-order valence-electron chi connectivity index (χ4n) is 2.49. The lowest BCUT2D eigenvalue weighted by atomic mass is 10.2. The van der Waals surface area contributed by atoms with Gasteiger partial charge in [0, 0.05) is 22.1 Å². The van der Waals surface area contributed by atoms with Gasteiger partial charge in [0.15, 0.2) is 0 Å². The second-order valence-electron chi connectivity index (χ2n) is 5.95. The highest BCUT2D eigenvalue weighted by molar-refractivity contribution is 6.30. The smallest absolute Gasteiger partial charge is 0.274 e. The number of amides is 1. The van der Waals surface area contributed by atoms with Crippen molar-refractivity contribution >= 4 is 34.8 Å². The second-order valence-corrected chi connectivity index (χ2v) is 6.39. The normalized spacial score (nSPS) is 10.1. The van der Waals surface area contributed by atoms with Crippen molar-refractivity contribution in [3.05, 3.63) is 76.1 Å². The van der Waals surface area contributed by atoms with Crippen LogP contribution >= 0.6 is 11.6 Å². The summed E-state index contributed by atoms with van der Waals surface area (Å²) in [5.41, 5.74) is 3.58. The van der Waals surface area contributed by atoms with E-state index in [1.807, 2.05) is 6.92 Å². The molecule has 1 heterocycles. The summed E-state index contributed by atoms with van der Waals surface area (Å²) in [6, 6.07) is 15.9. The molecule has 0 saturated heterocycles. The molecule has 0 fully saturated rings. The molecule has 1 amide bonds. The van der Waals surface area contributed by atoms with Gasteiger partial charge in [0.2, 0.25) is 5.95 Å². The first-order valence-electron chi connectivity index (χ1n) is 8.15. The predicted octanol–water partition coefficient (Wildman–Crippen LogP) is 4.61. The number of benzene rings is 2. The van der Waals surface area contributed by atoms with Crippen molar-refractivity contribution in [3.8, 4) is 6.07 Å². The molecule has 2 aromatic carbocycles. The zero-order chi connectivity index (χ0) is 19.4. The van der Waals surface area contributed by atoms with Crippen LogP contribution in [0.3, 0.4) is 0 Å². The van der Waals surface area contributed by atoms with E-state index >= 15 is 0 Å². The first-order chi connectivity index (χ1) is 12.9. The van der Waals surface area contributed by atoms with Gasteiger partial charge in [0.1, 0.15) is 5.69 Å². The van der Waals surface area contributed by atoms with Gasteiger partial charge in [-0.15, -0.1) is 0 Å². The molecule has 6 nitrogen and oxygen atoms in total. The van der Waals surface area contributed by atoms with E-state index in [1.165, 1.54) is 0 Å². The molecule has 1 aromatic heterocycles. The van der Waals surface area contributed by atoms with E-state index in [0.29, 0.717) is 27.7 Å². The molecule has 134 valence electrons. The third-order valence-electron chi connectivity index (χ3n) is 3.77. The fourth-order valence-corrected chi connectivity index (χ4v) is 2.72. The Hall–Kier alpha value is -3.43. The number of hydrogen-bond donors (Lipinski definition) is 2. The van der Waals surface area contributed by atoms with Crippen LogP contribution in [0.25, 0.3) is 0 Å². The van der Waals surface area contributed by atoms with Crippen molar-refractivity contribution in [2.24, 2.45) is 0 Å². The molecule has 3 rings (SSSR count). The summed E-state index contributed by atoms with van der Waals surface area (Å²) in [4.78, 5) is 21.2. The van der Waals surface area contributed by atoms with Gasteiger partial charge in [0.05, 0.1) is 11.6 Å². The summed E-state index contributed by atoms with van der Waals surface area (Å²) in [7, 11) is 0. The monoisotopic (exact) mass is 377 g/mol. The number of hydrogen-bond acceptors (Lipinski definition) is 5. The molecule has 0 unspecified atom stereocenters. The van der Waals surface area contributed by atoms with Crippen molar-refractivity contribution in [1.29, 1.82) is 5.26 Å². The van der Waals surface area contributed by atoms with E-state index in [1.54, 1.807) is 55.5 Å².